The van der Waals surface area contributed by atoms with Gasteiger partial charge in [0.15, 0.2) is 9.84 Å². The number of sulfone groups is 1. The number of nitrogens with one attached hydrogen (secondary N) is 1. The molecule has 8 heteroatoms. The first-order valence-electron chi connectivity index (χ1n) is 7.91. The number of carbonyl (C=O) groups is 2. The quantitative estimate of drug-likeness (QED) is 0.842. The van der Waals surface area contributed by atoms with Gasteiger partial charge < -0.3 is 10.2 Å². The fraction of sp³-hybridized carbons (Fsp3) is 0.562. The minimum Gasteiger partial charge on any atom is -0.350 e. The summed E-state index contributed by atoms with van der Waals surface area (Å²) in [5.74, 6) is -0.229. The molecule has 1 N–H and O–H groups in total. The number of rotatable bonds is 5. The van der Waals surface area contributed by atoms with Crippen molar-refractivity contribution in [2.24, 2.45) is 5.92 Å². The molecular formula is C16H23N3O4S. The normalized spacial score (nSPS) is 19.2. The van der Waals surface area contributed by atoms with Crippen LogP contribution in [0, 0.1) is 5.92 Å². The summed E-state index contributed by atoms with van der Waals surface area (Å²) in [6.45, 7) is 4.50. The van der Waals surface area contributed by atoms with Crippen LogP contribution in [0.3, 0.4) is 0 Å². The van der Waals surface area contributed by atoms with Crippen molar-refractivity contribution in [1.82, 2.24) is 15.2 Å². The second-order valence-electron chi connectivity index (χ2n) is 6.51. The zero-order chi connectivity index (χ0) is 17.9. The first-order valence-corrected chi connectivity index (χ1v) is 9.73. The van der Waals surface area contributed by atoms with E-state index in [1.165, 1.54) is 23.2 Å². The summed E-state index contributed by atoms with van der Waals surface area (Å²) in [4.78, 5) is 30.1. The van der Waals surface area contributed by atoms with Crippen molar-refractivity contribution in [3.05, 3.63) is 29.6 Å². The van der Waals surface area contributed by atoms with Gasteiger partial charge in [-0.25, -0.2) is 8.42 Å². The molecule has 1 saturated heterocycles. The van der Waals surface area contributed by atoms with Gasteiger partial charge >= 0.3 is 0 Å². The lowest BCUT2D eigenvalue weighted by atomic mass is 10.1. The standard InChI is InChI=1S/C16H23N3O4S/c1-11(2)9-18-15(20)14-8-12(4-6-17-14)16(21)19(3)13-5-7-24(22,23)10-13/h4,6,8,11,13H,5,7,9-10H2,1-3H3,(H,18,20). The molecule has 0 saturated carbocycles. The van der Waals surface area contributed by atoms with E-state index < -0.39 is 9.84 Å². The van der Waals surface area contributed by atoms with Crippen molar-refractivity contribution in [1.29, 1.82) is 0 Å². The van der Waals surface area contributed by atoms with Gasteiger partial charge in [0, 0.05) is 31.4 Å². The molecule has 1 aliphatic heterocycles. The highest BCUT2D eigenvalue weighted by atomic mass is 32.2. The highest BCUT2D eigenvalue weighted by molar-refractivity contribution is 7.91. The van der Waals surface area contributed by atoms with Crippen LogP contribution in [0.5, 0.6) is 0 Å². The number of amides is 2. The maximum atomic E-state index is 12.6. The second kappa shape index (κ2) is 7.29. The Bertz CT molecular complexity index is 731. The van der Waals surface area contributed by atoms with Crippen LogP contribution in [0.2, 0.25) is 0 Å². The van der Waals surface area contributed by atoms with E-state index >= 15 is 0 Å². The molecule has 2 heterocycles. The molecule has 24 heavy (non-hydrogen) atoms. The third-order valence-electron chi connectivity index (χ3n) is 3.99. The van der Waals surface area contributed by atoms with Gasteiger partial charge in [-0.05, 0) is 24.5 Å². The number of nitrogens with zero attached hydrogens (tertiary/aromatic N) is 2. The predicted octanol–water partition coefficient (Wildman–Crippen LogP) is 0.727. The lowest BCUT2D eigenvalue weighted by Crippen LogP contribution is -2.38. The van der Waals surface area contributed by atoms with Gasteiger partial charge in [-0.2, -0.15) is 0 Å². The van der Waals surface area contributed by atoms with Crippen molar-refractivity contribution in [3.8, 4) is 0 Å². The zero-order valence-corrected chi connectivity index (χ0v) is 15.0. The molecule has 1 aliphatic rings. The minimum absolute atomic E-state index is 0.0118. The third kappa shape index (κ3) is 4.53. The molecule has 1 aromatic heterocycles. The summed E-state index contributed by atoms with van der Waals surface area (Å²) in [5.41, 5.74) is 0.500. The van der Waals surface area contributed by atoms with E-state index in [0.29, 0.717) is 24.4 Å². The molecule has 7 nitrogen and oxygen atoms in total. The number of aromatic nitrogens is 1. The summed E-state index contributed by atoms with van der Waals surface area (Å²) in [6, 6.07) is 2.65. The van der Waals surface area contributed by atoms with Crippen LogP contribution < -0.4 is 5.32 Å². The van der Waals surface area contributed by atoms with Crippen molar-refractivity contribution >= 4 is 21.7 Å². The predicted molar refractivity (Wildman–Crippen MR) is 90.6 cm³/mol. The minimum atomic E-state index is -3.06. The average molecular weight is 353 g/mol. The van der Waals surface area contributed by atoms with Gasteiger partial charge in [-0.3, -0.25) is 14.6 Å². The Kier molecular flexibility index (Phi) is 5.58. The van der Waals surface area contributed by atoms with Crippen molar-refractivity contribution in [2.75, 3.05) is 25.1 Å². The van der Waals surface area contributed by atoms with Crippen LogP contribution in [-0.2, 0) is 9.84 Å². The molecule has 0 aromatic carbocycles. The molecule has 2 rings (SSSR count). The number of hydrogen-bond donors (Lipinski definition) is 1. The van der Waals surface area contributed by atoms with Gasteiger partial charge in [0.05, 0.1) is 11.5 Å². The highest BCUT2D eigenvalue weighted by Gasteiger charge is 2.33. The summed E-state index contributed by atoms with van der Waals surface area (Å²) in [5, 5.41) is 2.75. The van der Waals surface area contributed by atoms with E-state index in [1.54, 1.807) is 7.05 Å². The maximum absolute atomic E-state index is 12.6. The second-order valence-corrected chi connectivity index (χ2v) is 8.74. The molecule has 132 valence electrons. The Morgan fingerprint density at radius 3 is 2.71 bits per heavy atom. The van der Waals surface area contributed by atoms with Crippen LogP contribution in [-0.4, -0.2) is 61.3 Å². The van der Waals surface area contributed by atoms with Crippen molar-refractivity contribution < 1.29 is 18.0 Å². The van der Waals surface area contributed by atoms with Crippen LogP contribution >= 0.6 is 0 Å². The molecule has 1 atom stereocenters. The Balaban J connectivity index is 2.10. The largest absolute Gasteiger partial charge is 0.350 e. The van der Waals surface area contributed by atoms with E-state index in [2.05, 4.69) is 10.3 Å². The fourth-order valence-electron chi connectivity index (χ4n) is 2.53. The Labute approximate surface area is 142 Å². The van der Waals surface area contributed by atoms with Gasteiger partial charge in [-0.15, -0.1) is 0 Å². The monoisotopic (exact) mass is 353 g/mol. The topological polar surface area (TPSA) is 96.4 Å². The van der Waals surface area contributed by atoms with Gasteiger partial charge in [0.2, 0.25) is 0 Å². The fourth-order valence-corrected chi connectivity index (χ4v) is 4.30. The summed E-state index contributed by atoms with van der Waals surface area (Å²) in [6.07, 6.45) is 1.86. The summed E-state index contributed by atoms with van der Waals surface area (Å²) >= 11 is 0. The highest BCUT2D eigenvalue weighted by Crippen LogP contribution is 2.18. The average Bonchev–Trinajstić information content (AvgIpc) is 2.91. The maximum Gasteiger partial charge on any atom is 0.269 e. The van der Waals surface area contributed by atoms with E-state index in [4.69, 9.17) is 0 Å². The number of hydrogen-bond acceptors (Lipinski definition) is 5. The van der Waals surface area contributed by atoms with Gasteiger partial charge in [0.25, 0.3) is 11.8 Å². The zero-order valence-electron chi connectivity index (χ0n) is 14.2. The van der Waals surface area contributed by atoms with Crippen LogP contribution in [0.15, 0.2) is 18.3 Å². The Morgan fingerprint density at radius 2 is 2.12 bits per heavy atom. The Hall–Kier alpha value is -1.96. The van der Waals surface area contributed by atoms with Crippen molar-refractivity contribution in [3.63, 3.8) is 0 Å². The van der Waals surface area contributed by atoms with E-state index in [0.717, 1.165) is 0 Å². The van der Waals surface area contributed by atoms with Crippen LogP contribution in [0.1, 0.15) is 41.1 Å². The van der Waals surface area contributed by atoms with Gasteiger partial charge in [-0.1, -0.05) is 13.8 Å². The molecule has 2 amide bonds. The lowest BCUT2D eigenvalue weighted by Gasteiger charge is -2.23. The van der Waals surface area contributed by atoms with Gasteiger partial charge in [0.1, 0.15) is 5.69 Å². The lowest BCUT2D eigenvalue weighted by molar-refractivity contribution is 0.0747. The molecule has 0 bridgehead atoms. The Morgan fingerprint density at radius 1 is 1.42 bits per heavy atom. The number of pyridine rings is 1. The van der Waals surface area contributed by atoms with E-state index in [1.807, 2.05) is 13.8 Å². The molecule has 0 aliphatic carbocycles. The third-order valence-corrected chi connectivity index (χ3v) is 5.74. The molecule has 1 unspecified atom stereocenters. The summed E-state index contributed by atoms with van der Waals surface area (Å²) in [7, 11) is -1.47. The molecule has 1 fully saturated rings. The smallest absolute Gasteiger partial charge is 0.269 e. The van der Waals surface area contributed by atoms with E-state index in [9.17, 15) is 18.0 Å². The van der Waals surface area contributed by atoms with E-state index in [-0.39, 0.29) is 35.1 Å². The van der Waals surface area contributed by atoms with Crippen LogP contribution in [0.4, 0.5) is 0 Å². The summed E-state index contributed by atoms with van der Waals surface area (Å²) < 4.78 is 23.1. The van der Waals surface area contributed by atoms with Crippen LogP contribution in [0.25, 0.3) is 0 Å². The first-order chi connectivity index (χ1) is 11.2. The molecule has 0 radical (unpaired) electrons. The molecule has 0 spiro atoms. The molecule has 1 aromatic rings. The molecular weight excluding hydrogens is 330 g/mol. The first kappa shape index (κ1) is 18.4. The van der Waals surface area contributed by atoms with Crippen molar-refractivity contribution in [2.45, 2.75) is 26.3 Å². The SMILES string of the molecule is CC(C)CNC(=O)c1cc(C(=O)N(C)C2CCS(=O)(=O)C2)ccn1. The number of carbonyl (C=O) groups excluding carboxylic acids is 2.